The van der Waals surface area contributed by atoms with Crippen LogP contribution in [-0.2, 0) is 43.3 Å². The Balaban J connectivity index is 0.000000203. The molecule has 0 unspecified atom stereocenters. The van der Waals surface area contributed by atoms with E-state index in [1.54, 1.807) is 20.0 Å². The van der Waals surface area contributed by atoms with Crippen LogP contribution in [0.5, 0.6) is 0 Å². The molecular formula is C105H134Cl3N11. The van der Waals surface area contributed by atoms with Crippen LogP contribution in [0, 0.1) is 0 Å². The van der Waals surface area contributed by atoms with E-state index < -0.39 is 23.6 Å². The van der Waals surface area contributed by atoms with Gasteiger partial charge in [0.1, 0.15) is 0 Å². The first kappa shape index (κ1) is 90.5. The second kappa shape index (κ2) is 40.4. The molecule has 0 aliphatic rings. The smallest absolute Gasteiger partial charge is 0.159 e. The van der Waals surface area contributed by atoms with E-state index in [9.17, 15) is 0 Å². The molecule has 5 aromatic carbocycles. The van der Waals surface area contributed by atoms with E-state index >= 15 is 0 Å². The lowest BCUT2D eigenvalue weighted by atomic mass is 9.86. The second-order valence-electron chi connectivity index (χ2n) is 39.7. The molecule has 119 heavy (non-hydrogen) atoms. The minimum atomic E-state index is -0.802. The van der Waals surface area contributed by atoms with E-state index in [1.807, 2.05) is 207 Å². The molecule has 14 heteroatoms. The zero-order valence-electron chi connectivity index (χ0n) is 81.2. The summed E-state index contributed by atoms with van der Waals surface area (Å²) in [6, 6.07) is 46.3. The van der Waals surface area contributed by atoms with Gasteiger partial charge in [-0.25, -0.2) is 39.9 Å². The Hall–Kier alpha value is -9.26. The highest BCUT2D eigenvalue weighted by molar-refractivity contribution is 6.32. The van der Waals surface area contributed by atoms with Crippen molar-refractivity contribution < 1.29 is 5.48 Å². The molecular weight excluding hydrogens is 1520 g/mol. The van der Waals surface area contributed by atoms with E-state index in [0.717, 1.165) is 128 Å². The Morgan fingerprint density at radius 1 is 0.218 bits per heavy atom. The summed E-state index contributed by atoms with van der Waals surface area (Å²) in [5, 5.41) is 2.05. The minimum Gasteiger partial charge on any atom is -0.260 e. The monoisotopic (exact) mass is 1660 g/mol. The molecule has 0 atom stereocenters. The molecule has 0 fully saturated rings. The normalized spacial score (nSPS) is 13.0. The van der Waals surface area contributed by atoms with Crippen LogP contribution >= 0.6 is 34.8 Å². The van der Waals surface area contributed by atoms with Crippen molar-refractivity contribution in [1.82, 2.24) is 54.8 Å². The summed E-state index contributed by atoms with van der Waals surface area (Å²) in [6.07, 6.45) is 20.7. The first-order chi connectivity index (χ1) is 56.3. The molecule has 0 amide bonds. The van der Waals surface area contributed by atoms with Gasteiger partial charge in [-0.2, -0.15) is 0 Å². The molecule has 7 heterocycles. The van der Waals surface area contributed by atoms with Gasteiger partial charge < -0.3 is 0 Å². The molecule has 0 saturated heterocycles. The SMILES string of the molecule is CC(C)(C)c1cnc(-c2ccc(C(C)(C)C)c(Cl)c2)nc1.CC(C)(C)c1cnc(-c2ccc(C(C)(C)C)c(Cl)c2)nc1.[3H]C(C)(C)c1ccc(-c2ccc(C(C)(C)C)nc2)cc1.[3H]C(C)(C)c1ccc(-c2ncc(C(C)(C)C)cn2)cc1.[3H]C(C)(C)c1ccc(-c2ncc(C(C)(C)C)cn2)cc1.[3H]C(C)(C)c1ncc(-c2ccc(C(C)(C)C)nc2)cc1Cl. The number of hydrogen-bond donors (Lipinski definition) is 0. The predicted molar refractivity (Wildman–Crippen MR) is 508 cm³/mol. The molecule has 11 nitrogen and oxygen atoms in total. The van der Waals surface area contributed by atoms with E-state index in [4.69, 9.17) is 40.3 Å². The molecule has 0 saturated carbocycles. The van der Waals surface area contributed by atoms with Crippen LogP contribution in [0.3, 0.4) is 0 Å². The standard InChI is InChI=1S/2C18H23ClN2.C18H23N.C17H21ClN2.2C17H22N2/c2*1-17(2,3)13-10-20-16(21-11-13)12-7-8-14(15(19)9-12)18(4,5)6;1-13(2)14-6-8-15(9-7-14)16-10-11-17(19-12-16)18(3,4)5;1-11(2)16-14(18)8-13(10-20-16)12-6-7-15(19-9-12)17(3,4)5;2*1-12(2)13-6-8-14(9-7-13)16-18-10-15(11-19-16)17(3,4)5/h2*7-11H,1-6H3;6-13H,1-5H3;6-11H,1-5H3;2*6-12H,1-5H3/i;;13T;11T;2*12T. The molecule has 0 N–H and O–H groups in total. The fourth-order valence-electron chi connectivity index (χ4n) is 11.9. The maximum Gasteiger partial charge on any atom is 0.159 e. The highest BCUT2D eigenvalue weighted by atomic mass is 35.5. The number of halogens is 3. The first-order valence-corrected chi connectivity index (χ1v) is 42.3. The Bertz CT molecular complexity index is 4680. The molecule has 0 aliphatic heterocycles. The maximum absolute atomic E-state index is 8.03. The number of pyridine rings is 3. The van der Waals surface area contributed by atoms with Gasteiger partial charge in [-0.15, -0.1) is 0 Å². The fourth-order valence-corrected chi connectivity index (χ4v) is 13.1. The summed E-state index contributed by atoms with van der Waals surface area (Å²) in [5.74, 6) is 0.386. The Morgan fingerprint density at radius 2 is 0.454 bits per heavy atom. The van der Waals surface area contributed by atoms with Crippen molar-refractivity contribution in [2.45, 2.75) is 288 Å². The molecule has 0 aliphatic carbocycles. The van der Waals surface area contributed by atoms with Crippen molar-refractivity contribution in [3.8, 4) is 67.8 Å². The average molecular weight is 1660 g/mol. The molecule has 0 radical (unpaired) electrons. The lowest BCUT2D eigenvalue weighted by Crippen LogP contribution is -2.12. The largest absolute Gasteiger partial charge is 0.260 e. The van der Waals surface area contributed by atoms with Gasteiger partial charge in [0.25, 0.3) is 0 Å². The van der Waals surface area contributed by atoms with Gasteiger partial charge in [-0.3, -0.25) is 15.0 Å². The van der Waals surface area contributed by atoms with E-state index in [1.165, 1.54) is 0 Å². The first-order valence-electron chi connectivity index (χ1n) is 43.1. The van der Waals surface area contributed by atoms with Crippen molar-refractivity contribution in [1.29, 1.82) is 0 Å². The molecule has 7 aromatic heterocycles. The predicted octanol–water partition coefficient (Wildman–Crippen LogP) is 30.3. The van der Waals surface area contributed by atoms with Crippen LogP contribution in [-0.4, -0.2) is 54.8 Å². The molecule has 630 valence electrons. The van der Waals surface area contributed by atoms with Gasteiger partial charge in [0.15, 0.2) is 23.3 Å². The third-order valence-electron chi connectivity index (χ3n) is 20.1. The average Bonchev–Trinajstić information content (AvgIpc) is 0.834. The molecule has 12 rings (SSSR count). The van der Waals surface area contributed by atoms with Crippen molar-refractivity contribution in [3.05, 3.63) is 290 Å². The van der Waals surface area contributed by atoms with E-state index in [-0.39, 0.29) is 43.3 Å². The Kier molecular flexibility index (Phi) is 30.7. The van der Waals surface area contributed by atoms with Crippen LogP contribution in [0.4, 0.5) is 0 Å². The van der Waals surface area contributed by atoms with Crippen LogP contribution in [0.25, 0.3) is 67.8 Å². The van der Waals surface area contributed by atoms with E-state index in [0.29, 0.717) is 22.4 Å². The third kappa shape index (κ3) is 28.7. The summed E-state index contributed by atoms with van der Waals surface area (Å²) in [6.45, 7) is 66.6. The van der Waals surface area contributed by atoms with E-state index in [2.05, 4.69) is 257 Å². The number of nitrogens with zero attached hydrogens (tertiary/aromatic N) is 11. The van der Waals surface area contributed by atoms with Crippen molar-refractivity contribution in [2.24, 2.45) is 0 Å². The fraction of sp³-hybridized carbons (Fsp3) is 0.419. The Morgan fingerprint density at radius 3 is 0.672 bits per heavy atom. The number of aromatic nitrogens is 11. The van der Waals surface area contributed by atoms with Crippen LogP contribution in [0.1, 0.15) is 318 Å². The van der Waals surface area contributed by atoms with Gasteiger partial charge in [-0.05, 0) is 142 Å². The third-order valence-corrected chi connectivity index (χ3v) is 21.0. The maximum atomic E-state index is 8.03. The summed E-state index contributed by atoms with van der Waals surface area (Å²) in [5.41, 5.74) is 21.0. The van der Waals surface area contributed by atoms with Gasteiger partial charge in [0.05, 0.1) is 10.7 Å². The molecule has 12 aromatic rings. The van der Waals surface area contributed by atoms with Crippen LogP contribution in [0.2, 0.25) is 15.1 Å². The van der Waals surface area contributed by atoms with Gasteiger partial charge in [0, 0.05) is 145 Å². The number of rotatable bonds is 10. The van der Waals surface area contributed by atoms with Gasteiger partial charge in [-0.1, -0.05) is 366 Å². The lowest BCUT2D eigenvalue weighted by Gasteiger charge is -2.21. The van der Waals surface area contributed by atoms with Gasteiger partial charge >= 0.3 is 0 Å². The van der Waals surface area contributed by atoms with Crippen LogP contribution in [0.15, 0.2) is 208 Å². The number of hydrogen-bond acceptors (Lipinski definition) is 11. The zero-order valence-corrected chi connectivity index (χ0v) is 79.5. The zero-order chi connectivity index (χ0) is 92.4. The summed E-state index contributed by atoms with van der Waals surface area (Å²) >= 11 is 19.1. The van der Waals surface area contributed by atoms with Crippen LogP contribution < -0.4 is 0 Å². The summed E-state index contributed by atoms with van der Waals surface area (Å²) < 4.78 is 32.1. The number of benzene rings is 5. The quantitative estimate of drug-likeness (QED) is 0.129. The Labute approximate surface area is 736 Å². The highest BCUT2D eigenvalue weighted by Crippen LogP contribution is 2.37. The molecule has 0 spiro atoms. The molecule has 0 bridgehead atoms. The van der Waals surface area contributed by atoms with Crippen molar-refractivity contribution in [2.75, 3.05) is 0 Å². The van der Waals surface area contributed by atoms with Gasteiger partial charge in [0.2, 0.25) is 0 Å². The van der Waals surface area contributed by atoms with Crippen molar-refractivity contribution in [3.63, 3.8) is 0 Å². The second-order valence-corrected chi connectivity index (χ2v) is 40.9. The topological polar surface area (TPSA) is 142 Å². The lowest BCUT2D eigenvalue weighted by molar-refractivity contribution is 0.569. The van der Waals surface area contributed by atoms with Crippen molar-refractivity contribution >= 4 is 34.8 Å². The highest BCUT2D eigenvalue weighted by Gasteiger charge is 2.24. The minimum absolute atomic E-state index is 0.0343. The summed E-state index contributed by atoms with van der Waals surface area (Å²) in [7, 11) is 0. The summed E-state index contributed by atoms with van der Waals surface area (Å²) in [4.78, 5) is 49.1.